The van der Waals surface area contributed by atoms with Crippen LogP contribution in [0.1, 0.15) is 25.7 Å². The highest BCUT2D eigenvalue weighted by atomic mass is 16.7. The molecule has 2 aliphatic rings. The molecule has 2 N–H and O–H groups in total. The Morgan fingerprint density at radius 1 is 1.10 bits per heavy atom. The fourth-order valence-electron chi connectivity index (χ4n) is 2.87. The summed E-state index contributed by atoms with van der Waals surface area (Å²) in [4.78, 5) is 23.2. The fraction of sp³-hybridized carbons (Fsp3) is 0.467. The number of ether oxygens (including phenoxy) is 2. The molecule has 0 spiro atoms. The highest BCUT2D eigenvalue weighted by Crippen LogP contribution is 2.39. The number of carboxylic acid groups (broad SMARTS) is 1. The average Bonchev–Trinajstić information content (AvgIpc) is 2.97. The van der Waals surface area contributed by atoms with Crippen LogP contribution < -0.4 is 14.8 Å². The van der Waals surface area contributed by atoms with Crippen molar-refractivity contribution in [2.75, 3.05) is 12.1 Å². The van der Waals surface area contributed by atoms with Crippen LogP contribution in [0.5, 0.6) is 11.5 Å². The summed E-state index contributed by atoms with van der Waals surface area (Å²) in [6, 6.07) is 5.36. The SMILES string of the molecule is O=C(O)C1CCC(C(=O)Nc2cccc3c2OCO3)CC1. The third-order valence-corrected chi connectivity index (χ3v) is 4.10. The molecule has 0 saturated heterocycles. The van der Waals surface area contributed by atoms with Gasteiger partial charge in [0.05, 0.1) is 11.6 Å². The number of nitrogens with one attached hydrogen (secondary N) is 1. The van der Waals surface area contributed by atoms with Gasteiger partial charge in [-0.15, -0.1) is 0 Å². The number of benzene rings is 1. The maximum Gasteiger partial charge on any atom is 0.306 e. The summed E-state index contributed by atoms with van der Waals surface area (Å²) < 4.78 is 10.6. The minimum Gasteiger partial charge on any atom is -0.481 e. The predicted octanol–water partition coefficient (Wildman–Crippen LogP) is 2.24. The van der Waals surface area contributed by atoms with E-state index in [2.05, 4.69) is 5.32 Å². The van der Waals surface area contributed by atoms with Crippen LogP contribution in [0.3, 0.4) is 0 Å². The van der Waals surface area contributed by atoms with Gasteiger partial charge < -0.3 is 19.9 Å². The highest BCUT2D eigenvalue weighted by molar-refractivity contribution is 5.94. The normalized spacial score (nSPS) is 23.6. The molecule has 0 atom stereocenters. The molecule has 1 aromatic rings. The summed E-state index contributed by atoms with van der Waals surface area (Å²) in [5.74, 6) is -0.110. The minimum atomic E-state index is -0.764. The van der Waals surface area contributed by atoms with Crippen LogP contribution in [0.25, 0.3) is 0 Å². The Kier molecular flexibility index (Phi) is 3.68. The zero-order chi connectivity index (χ0) is 14.8. The monoisotopic (exact) mass is 291 g/mol. The smallest absolute Gasteiger partial charge is 0.306 e. The van der Waals surface area contributed by atoms with E-state index in [-0.39, 0.29) is 24.5 Å². The first-order chi connectivity index (χ1) is 10.1. The van der Waals surface area contributed by atoms with Crippen molar-refractivity contribution in [2.45, 2.75) is 25.7 Å². The van der Waals surface area contributed by atoms with Crippen LogP contribution in [-0.2, 0) is 9.59 Å². The number of aliphatic carboxylic acids is 1. The van der Waals surface area contributed by atoms with Crippen LogP contribution in [0, 0.1) is 11.8 Å². The van der Waals surface area contributed by atoms with E-state index < -0.39 is 5.97 Å². The fourth-order valence-corrected chi connectivity index (χ4v) is 2.87. The van der Waals surface area contributed by atoms with Crippen LogP contribution in [-0.4, -0.2) is 23.8 Å². The van der Waals surface area contributed by atoms with Crippen molar-refractivity contribution in [1.29, 1.82) is 0 Å². The number of rotatable bonds is 3. The predicted molar refractivity (Wildman–Crippen MR) is 74.3 cm³/mol. The molecule has 1 aliphatic carbocycles. The first kappa shape index (κ1) is 13.7. The summed E-state index contributed by atoms with van der Waals surface area (Å²) in [5, 5.41) is 11.8. The maximum absolute atomic E-state index is 12.3. The lowest BCUT2D eigenvalue weighted by Gasteiger charge is -2.25. The van der Waals surface area contributed by atoms with Gasteiger partial charge in [0.15, 0.2) is 11.5 Å². The molecule has 0 radical (unpaired) electrons. The third-order valence-electron chi connectivity index (χ3n) is 4.10. The Morgan fingerprint density at radius 3 is 2.52 bits per heavy atom. The molecule has 3 rings (SSSR count). The first-order valence-electron chi connectivity index (χ1n) is 7.07. The van der Waals surface area contributed by atoms with Gasteiger partial charge in [-0.1, -0.05) is 6.07 Å². The molecule has 1 aliphatic heterocycles. The molecular weight excluding hydrogens is 274 g/mol. The van der Waals surface area contributed by atoms with Gasteiger partial charge in [-0.2, -0.15) is 0 Å². The van der Waals surface area contributed by atoms with Crippen molar-refractivity contribution in [3.8, 4) is 11.5 Å². The lowest BCUT2D eigenvalue weighted by atomic mass is 9.81. The minimum absolute atomic E-state index is 0.0808. The van der Waals surface area contributed by atoms with E-state index in [0.29, 0.717) is 42.9 Å². The first-order valence-corrected chi connectivity index (χ1v) is 7.07. The molecule has 1 aromatic carbocycles. The van der Waals surface area contributed by atoms with Crippen molar-refractivity contribution in [3.63, 3.8) is 0 Å². The van der Waals surface area contributed by atoms with E-state index in [9.17, 15) is 9.59 Å². The Labute approximate surface area is 122 Å². The molecule has 1 heterocycles. The number of amides is 1. The summed E-state index contributed by atoms with van der Waals surface area (Å²) >= 11 is 0. The topological polar surface area (TPSA) is 84.9 Å². The van der Waals surface area contributed by atoms with Gasteiger partial charge in [-0.3, -0.25) is 9.59 Å². The summed E-state index contributed by atoms with van der Waals surface area (Å²) in [7, 11) is 0. The molecule has 1 saturated carbocycles. The maximum atomic E-state index is 12.3. The number of carbonyl (C=O) groups excluding carboxylic acids is 1. The Balaban J connectivity index is 1.63. The zero-order valence-electron chi connectivity index (χ0n) is 11.5. The lowest BCUT2D eigenvalue weighted by Crippen LogP contribution is -2.29. The van der Waals surface area contributed by atoms with Gasteiger partial charge in [0.2, 0.25) is 12.7 Å². The highest BCUT2D eigenvalue weighted by Gasteiger charge is 2.30. The van der Waals surface area contributed by atoms with Crippen molar-refractivity contribution >= 4 is 17.6 Å². The Bertz CT molecular complexity index is 563. The molecule has 0 bridgehead atoms. The molecule has 112 valence electrons. The van der Waals surface area contributed by atoms with Crippen molar-refractivity contribution in [1.82, 2.24) is 0 Å². The van der Waals surface area contributed by atoms with E-state index in [4.69, 9.17) is 14.6 Å². The average molecular weight is 291 g/mol. The van der Waals surface area contributed by atoms with Gasteiger partial charge in [0, 0.05) is 5.92 Å². The zero-order valence-corrected chi connectivity index (χ0v) is 11.5. The molecule has 6 heteroatoms. The van der Waals surface area contributed by atoms with Gasteiger partial charge in [-0.25, -0.2) is 0 Å². The van der Waals surface area contributed by atoms with E-state index in [1.54, 1.807) is 18.2 Å². The molecule has 0 aromatic heterocycles. The van der Waals surface area contributed by atoms with Crippen LogP contribution in [0.2, 0.25) is 0 Å². The van der Waals surface area contributed by atoms with Crippen LogP contribution in [0.15, 0.2) is 18.2 Å². The standard InChI is InChI=1S/C15H17NO5/c17-14(9-4-6-10(7-5-9)15(18)19)16-11-2-1-3-12-13(11)21-8-20-12/h1-3,9-10H,4-8H2,(H,16,17)(H,18,19). The Morgan fingerprint density at radius 2 is 1.81 bits per heavy atom. The van der Waals surface area contributed by atoms with Crippen LogP contribution >= 0.6 is 0 Å². The summed E-state index contributed by atoms with van der Waals surface area (Å²) in [6.45, 7) is 0.159. The number of para-hydroxylation sites is 1. The number of anilines is 1. The number of carboxylic acids is 1. The van der Waals surface area contributed by atoms with E-state index in [1.165, 1.54) is 0 Å². The largest absolute Gasteiger partial charge is 0.481 e. The molecule has 1 fully saturated rings. The summed E-state index contributed by atoms with van der Waals surface area (Å²) in [6.07, 6.45) is 2.32. The van der Waals surface area contributed by atoms with E-state index >= 15 is 0 Å². The molecule has 0 unspecified atom stereocenters. The van der Waals surface area contributed by atoms with E-state index in [0.717, 1.165) is 0 Å². The van der Waals surface area contributed by atoms with Crippen LogP contribution in [0.4, 0.5) is 5.69 Å². The van der Waals surface area contributed by atoms with Crippen molar-refractivity contribution in [2.24, 2.45) is 11.8 Å². The van der Waals surface area contributed by atoms with Crippen molar-refractivity contribution in [3.05, 3.63) is 18.2 Å². The number of hydrogen-bond acceptors (Lipinski definition) is 4. The van der Waals surface area contributed by atoms with Crippen molar-refractivity contribution < 1.29 is 24.2 Å². The van der Waals surface area contributed by atoms with E-state index in [1.807, 2.05) is 0 Å². The summed E-state index contributed by atoms with van der Waals surface area (Å²) in [5.41, 5.74) is 0.607. The molecule has 6 nitrogen and oxygen atoms in total. The van der Waals surface area contributed by atoms with Gasteiger partial charge >= 0.3 is 5.97 Å². The van der Waals surface area contributed by atoms with Gasteiger partial charge in [-0.05, 0) is 37.8 Å². The lowest BCUT2D eigenvalue weighted by molar-refractivity contribution is -0.143. The number of fused-ring (bicyclic) bond motifs is 1. The second-order valence-corrected chi connectivity index (χ2v) is 5.42. The number of hydrogen-bond donors (Lipinski definition) is 2. The third kappa shape index (κ3) is 2.79. The number of carbonyl (C=O) groups is 2. The quantitative estimate of drug-likeness (QED) is 0.892. The van der Waals surface area contributed by atoms with Gasteiger partial charge in [0.25, 0.3) is 0 Å². The second kappa shape index (κ2) is 5.63. The molecular formula is C15H17NO5. The second-order valence-electron chi connectivity index (χ2n) is 5.42. The van der Waals surface area contributed by atoms with Gasteiger partial charge in [0.1, 0.15) is 0 Å². The Hall–Kier alpha value is -2.24. The molecule has 21 heavy (non-hydrogen) atoms. The molecule has 1 amide bonds.